The smallest absolute Gasteiger partial charge is 0.310 e. The van der Waals surface area contributed by atoms with E-state index in [1.54, 1.807) is 13.8 Å². The van der Waals surface area contributed by atoms with Crippen molar-refractivity contribution in [2.24, 2.45) is 5.41 Å². The fourth-order valence-electron chi connectivity index (χ4n) is 0.999. The van der Waals surface area contributed by atoms with E-state index < -0.39 is 16.9 Å². The number of allylic oxidation sites excluding steroid dienone is 1. The number of carboxylic acid groups (broad SMARTS) is 1. The van der Waals surface area contributed by atoms with E-state index in [1.807, 2.05) is 27.7 Å². The van der Waals surface area contributed by atoms with E-state index in [0.29, 0.717) is 6.54 Å². The van der Waals surface area contributed by atoms with Crippen molar-refractivity contribution in [2.75, 3.05) is 6.54 Å². The standard InChI is InChI=1S/C12H23NO2/c1-9(2)7-8-13-12(5,6)11(3,4)10(14)15/h7,13H,8H2,1-6H3,(H,14,15). The monoisotopic (exact) mass is 213 g/mol. The van der Waals surface area contributed by atoms with Crippen LogP contribution in [0.2, 0.25) is 0 Å². The van der Waals surface area contributed by atoms with Crippen LogP contribution in [0.4, 0.5) is 0 Å². The molecule has 0 heterocycles. The molecule has 0 saturated carbocycles. The molecule has 3 heteroatoms. The number of rotatable bonds is 5. The molecule has 0 radical (unpaired) electrons. The zero-order valence-corrected chi connectivity index (χ0v) is 10.6. The minimum Gasteiger partial charge on any atom is -0.481 e. The molecule has 0 atom stereocenters. The lowest BCUT2D eigenvalue weighted by molar-refractivity contribution is -0.151. The third kappa shape index (κ3) is 3.67. The van der Waals surface area contributed by atoms with Crippen LogP contribution in [0, 0.1) is 5.41 Å². The molecule has 0 aromatic heterocycles. The molecule has 88 valence electrons. The second-order valence-electron chi connectivity index (χ2n) is 5.22. The van der Waals surface area contributed by atoms with Crippen LogP contribution in [0.5, 0.6) is 0 Å². The minimum atomic E-state index is -0.789. The van der Waals surface area contributed by atoms with Crippen LogP contribution in [0.15, 0.2) is 11.6 Å². The molecule has 15 heavy (non-hydrogen) atoms. The van der Waals surface area contributed by atoms with Crippen LogP contribution in [-0.2, 0) is 4.79 Å². The number of aliphatic carboxylic acids is 1. The Morgan fingerprint density at radius 2 is 1.73 bits per heavy atom. The molecule has 0 aliphatic carbocycles. The Morgan fingerprint density at radius 1 is 1.27 bits per heavy atom. The molecule has 0 aromatic rings. The van der Waals surface area contributed by atoms with E-state index >= 15 is 0 Å². The average Bonchev–Trinajstić information content (AvgIpc) is 2.02. The van der Waals surface area contributed by atoms with Gasteiger partial charge in [0.1, 0.15) is 0 Å². The van der Waals surface area contributed by atoms with E-state index in [9.17, 15) is 4.79 Å². The summed E-state index contributed by atoms with van der Waals surface area (Å²) >= 11 is 0. The summed E-state index contributed by atoms with van der Waals surface area (Å²) < 4.78 is 0. The molecule has 2 N–H and O–H groups in total. The molecule has 0 amide bonds. The lowest BCUT2D eigenvalue weighted by Gasteiger charge is -2.38. The first-order valence-electron chi connectivity index (χ1n) is 5.23. The van der Waals surface area contributed by atoms with Crippen molar-refractivity contribution in [3.63, 3.8) is 0 Å². The molecule has 0 bridgehead atoms. The maximum absolute atomic E-state index is 11.1. The molecule has 0 aliphatic heterocycles. The molecule has 0 saturated heterocycles. The van der Waals surface area contributed by atoms with E-state index in [0.717, 1.165) is 0 Å². The molecule has 0 unspecified atom stereocenters. The van der Waals surface area contributed by atoms with Crippen LogP contribution < -0.4 is 5.32 Å². The van der Waals surface area contributed by atoms with E-state index in [1.165, 1.54) is 5.57 Å². The van der Waals surface area contributed by atoms with Crippen molar-refractivity contribution in [2.45, 2.75) is 47.1 Å². The van der Waals surface area contributed by atoms with Crippen molar-refractivity contribution in [3.05, 3.63) is 11.6 Å². The summed E-state index contributed by atoms with van der Waals surface area (Å²) in [7, 11) is 0. The fourth-order valence-corrected chi connectivity index (χ4v) is 0.999. The van der Waals surface area contributed by atoms with Gasteiger partial charge in [0.05, 0.1) is 5.41 Å². The topological polar surface area (TPSA) is 49.3 Å². The maximum atomic E-state index is 11.1. The Labute approximate surface area is 92.6 Å². The summed E-state index contributed by atoms with van der Waals surface area (Å²) in [6.45, 7) is 12.1. The number of hydrogen-bond acceptors (Lipinski definition) is 2. The molecule has 3 nitrogen and oxygen atoms in total. The van der Waals surface area contributed by atoms with Crippen LogP contribution in [0.1, 0.15) is 41.5 Å². The molecule has 0 aliphatic rings. The Morgan fingerprint density at radius 3 is 2.07 bits per heavy atom. The second kappa shape index (κ2) is 4.79. The number of hydrogen-bond donors (Lipinski definition) is 2. The van der Waals surface area contributed by atoms with Gasteiger partial charge in [0, 0.05) is 12.1 Å². The van der Waals surface area contributed by atoms with Crippen LogP contribution in [0.3, 0.4) is 0 Å². The van der Waals surface area contributed by atoms with Gasteiger partial charge in [0.2, 0.25) is 0 Å². The first-order chi connectivity index (χ1) is 6.61. The summed E-state index contributed by atoms with van der Waals surface area (Å²) in [5.41, 5.74) is -0.000722. The maximum Gasteiger partial charge on any atom is 0.310 e. The SMILES string of the molecule is CC(C)=CCNC(C)(C)C(C)(C)C(=O)O. The third-order valence-electron chi connectivity index (χ3n) is 3.15. The Kier molecular flexibility index (Phi) is 4.53. The molecule has 0 fully saturated rings. The number of carbonyl (C=O) groups is 1. The fraction of sp³-hybridized carbons (Fsp3) is 0.750. The predicted molar refractivity (Wildman–Crippen MR) is 62.9 cm³/mol. The quantitative estimate of drug-likeness (QED) is 0.690. The zero-order valence-electron chi connectivity index (χ0n) is 10.6. The highest BCUT2D eigenvalue weighted by atomic mass is 16.4. The molecule has 0 spiro atoms. The molecular formula is C12H23NO2. The predicted octanol–water partition coefficient (Wildman–Crippen LogP) is 2.43. The van der Waals surface area contributed by atoms with Crippen LogP contribution >= 0.6 is 0 Å². The zero-order chi connectivity index (χ0) is 12.3. The molecular weight excluding hydrogens is 190 g/mol. The number of nitrogens with one attached hydrogen (secondary N) is 1. The van der Waals surface area contributed by atoms with Gasteiger partial charge < -0.3 is 10.4 Å². The third-order valence-corrected chi connectivity index (χ3v) is 3.15. The number of carboxylic acids is 1. The lowest BCUT2D eigenvalue weighted by atomic mass is 9.74. The second-order valence-corrected chi connectivity index (χ2v) is 5.22. The summed E-state index contributed by atoms with van der Waals surface area (Å²) in [5.74, 6) is -0.780. The van der Waals surface area contributed by atoms with Crippen LogP contribution in [-0.4, -0.2) is 23.2 Å². The minimum absolute atomic E-state index is 0.440. The molecule has 0 aromatic carbocycles. The highest BCUT2D eigenvalue weighted by Crippen LogP contribution is 2.30. The summed E-state index contributed by atoms with van der Waals surface area (Å²) in [6, 6.07) is 0. The normalized spacial score (nSPS) is 12.4. The van der Waals surface area contributed by atoms with Gasteiger partial charge in [0.15, 0.2) is 0 Å². The van der Waals surface area contributed by atoms with Gasteiger partial charge >= 0.3 is 5.97 Å². The Balaban J connectivity index is 4.55. The lowest BCUT2D eigenvalue weighted by Crippen LogP contribution is -2.55. The van der Waals surface area contributed by atoms with Crippen LogP contribution in [0.25, 0.3) is 0 Å². The van der Waals surface area contributed by atoms with Crippen molar-refractivity contribution < 1.29 is 9.90 Å². The average molecular weight is 213 g/mol. The summed E-state index contributed by atoms with van der Waals surface area (Å²) in [4.78, 5) is 11.1. The Bertz CT molecular complexity index is 261. The van der Waals surface area contributed by atoms with E-state index in [4.69, 9.17) is 5.11 Å². The first-order valence-corrected chi connectivity index (χ1v) is 5.23. The van der Waals surface area contributed by atoms with Gasteiger partial charge in [-0.1, -0.05) is 11.6 Å². The Hall–Kier alpha value is -0.830. The van der Waals surface area contributed by atoms with Gasteiger partial charge in [-0.2, -0.15) is 0 Å². The highest BCUT2D eigenvalue weighted by molar-refractivity contribution is 5.75. The van der Waals surface area contributed by atoms with Crippen molar-refractivity contribution >= 4 is 5.97 Å². The van der Waals surface area contributed by atoms with Gasteiger partial charge in [-0.25, -0.2) is 0 Å². The highest BCUT2D eigenvalue weighted by Gasteiger charge is 2.42. The summed E-state index contributed by atoms with van der Waals surface area (Å²) in [5, 5.41) is 12.4. The van der Waals surface area contributed by atoms with Gasteiger partial charge in [-0.3, -0.25) is 4.79 Å². The van der Waals surface area contributed by atoms with Crippen molar-refractivity contribution in [1.29, 1.82) is 0 Å². The van der Waals surface area contributed by atoms with Crippen molar-refractivity contribution in [1.82, 2.24) is 5.32 Å². The van der Waals surface area contributed by atoms with Gasteiger partial charge in [-0.05, 0) is 41.5 Å². The summed E-state index contributed by atoms with van der Waals surface area (Å²) in [6.07, 6.45) is 2.06. The van der Waals surface area contributed by atoms with E-state index in [-0.39, 0.29) is 0 Å². The van der Waals surface area contributed by atoms with Gasteiger partial charge in [0.25, 0.3) is 0 Å². The molecule has 0 rings (SSSR count). The van der Waals surface area contributed by atoms with Crippen molar-refractivity contribution in [3.8, 4) is 0 Å². The first kappa shape index (κ1) is 14.2. The largest absolute Gasteiger partial charge is 0.481 e. The van der Waals surface area contributed by atoms with Gasteiger partial charge in [-0.15, -0.1) is 0 Å². The van der Waals surface area contributed by atoms with E-state index in [2.05, 4.69) is 11.4 Å².